The lowest BCUT2D eigenvalue weighted by molar-refractivity contribution is -0.113. The molecule has 0 bridgehead atoms. The van der Waals surface area contributed by atoms with Crippen LogP contribution in [0.4, 0.5) is 10.1 Å². The number of hydrogen-bond acceptors (Lipinski definition) is 6. The lowest BCUT2D eigenvalue weighted by Crippen LogP contribution is -2.30. The molecule has 10 heteroatoms. The van der Waals surface area contributed by atoms with Crippen molar-refractivity contribution in [3.8, 4) is 11.4 Å². The highest BCUT2D eigenvalue weighted by Crippen LogP contribution is 2.29. The Morgan fingerprint density at radius 1 is 1.15 bits per heavy atom. The van der Waals surface area contributed by atoms with E-state index in [1.165, 1.54) is 50.3 Å². The molecule has 0 radical (unpaired) electrons. The molecule has 1 aliphatic rings. The van der Waals surface area contributed by atoms with Gasteiger partial charge in [-0.2, -0.15) is 0 Å². The molecule has 2 heterocycles. The highest BCUT2D eigenvalue weighted by atomic mass is 35.5. The van der Waals surface area contributed by atoms with Gasteiger partial charge in [0.1, 0.15) is 11.6 Å². The smallest absolute Gasteiger partial charge is 0.234 e. The molecule has 0 atom stereocenters. The molecule has 3 aromatic rings. The number of aromatic nitrogens is 3. The SMILES string of the molecule is COc1ccc(Cl)cc1NC(=O)CSc1nnc(CN2CCCCC2)n1-c1ccc(F)cc1. The van der Waals surface area contributed by atoms with Crippen LogP contribution in [0.2, 0.25) is 5.02 Å². The fourth-order valence-corrected chi connectivity index (χ4v) is 4.70. The third-order valence-corrected chi connectivity index (χ3v) is 6.53. The van der Waals surface area contributed by atoms with Gasteiger partial charge in [-0.1, -0.05) is 29.8 Å². The molecule has 1 amide bonds. The van der Waals surface area contributed by atoms with Crippen LogP contribution >= 0.6 is 23.4 Å². The number of nitrogens with zero attached hydrogens (tertiary/aromatic N) is 4. The van der Waals surface area contributed by atoms with Crippen molar-refractivity contribution in [3.63, 3.8) is 0 Å². The Labute approximate surface area is 201 Å². The molecule has 0 unspecified atom stereocenters. The van der Waals surface area contributed by atoms with Gasteiger partial charge >= 0.3 is 0 Å². The number of ether oxygens (including phenoxy) is 1. The fourth-order valence-electron chi connectivity index (χ4n) is 3.76. The van der Waals surface area contributed by atoms with E-state index in [4.69, 9.17) is 16.3 Å². The van der Waals surface area contributed by atoms with Crippen molar-refractivity contribution in [2.24, 2.45) is 0 Å². The molecule has 1 fully saturated rings. The minimum Gasteiger partial charge on any atom is -0.495 e. The zero-order valence-electron chi connectivity index (χ0n) is 18.3. The summed E-state index contributed by atoms with van der Waals surface area (Å²) in [6, 6.07) is 11.2. The van der Waals surface area contributed by atoms with E-state index in [1.54, 1.807) is 30.3 Å². The molecule has 2 aromatic carbocycles. The first-order valence-corrected chi connectivity index (χ1v) is 12.1. The Morgan fingerprint density at radius 3 is 2.64 bits per heavy atom. The summed E-state index contributed by atoms with van der Waals surface area (Å²) in [5.41, 5.74) is 1.26. The molecule has 1 aliphatic heterocycles. The summed E-state index contributed by atoms with van der Waals surface area (Å²) in [6.45, 7) is 2.68. The molecular formula is C23H25ClFN5O2S. The lowest BCUT2D eigenvalue weighted by atomic mass is 10.1. The highest BCUT2D eigenvalue weighted by Gasteiger charge is 2.20. The monoisotopic (exact) mass is 489 g/mol. The fraction of sp³-hybridized carbons (Fsp3) is 0.348. The van der Waals surface area contributed by atoms with Crippen molar-refractivity contribution in [2.75, 3.05) is 31.3 Å². The Morgan fingerprint density at radius 2 is 1.91 bits per heavy atom. The molecule has 1 saturated heterocycles. The number of hydrogen-bond donors (Lipinski definition) is 1. The number of nitrogens with one attached hydrogen (secondary N) is 1. The van der Waals surface area contributed by atoms with Gasteiger partial charge in [0.05, 0.1) is 25.1 Å². The van der Waals surface area contributed by atoms with Gasteiger partial charge in [-0.25, -0.2) is 4.39 Å². The van der Waals surface area contributed by atoms with Crippen LogP contribution in [0.3, 0.4) is 0 Å². The third kappa shape index (κ3) is 6.04. The molecule has 7 nitrogen and oxygen atoms in total. The molecule has 1 N–H and O–H groups in total. The first-order chi connectivity index (χ1) is 16.0. The van der Waals surface area contributed by atoms with Crippen LogP contribution in [0, 0.1) is 5.82 Å². The Bertz CT molecular complexity index is 1100. The van der Waals surface area contributed by atoms with Crippen molar-refractivity contribution in [3.05, 3.63) is 59.1 Å². The van der Waals surface area contributed by atoms with Gasteiger partial charge in [0, 0.05) is 10.7 Å². The van der Waals surface area contributed by atoms with E-state index in [9.17, 15) is 9.18 Å². The molecule has 33 heavy (non-hydrogen) atoms. The van der Waals surface area contributed by atoms with E-state index < -0.39 is 0 Å². The predicted molar refractivity (Wildman–Crippen MR) is 128 cm³/mol. The maximum atomic E-state index is 13.5. The van der Waals surface area contributed by atoms with E-state index >= 15 is 0 Å². The van der Waals surface area contributed by atoms with E-state index in [2.05, 4.69) is 20.4 Å². The Kier molecular flexibility index (Phi) is 7.85. The molecule has 174 valence electrons. The van der Waals surface area contributed by atoms with Crippen LogP contribution in [0.15, 0.2) is 47.6 Å². The zero-order valence-corrected chi connectivity index (χ0v) is 19.8. The van der Waals surface area contributed by atoms with E-state index in [-0.39, 0.29) is 17.5 Å². The summed E-state index contributed by atoms with van der Waals surface area (Å²) >= 11 is 7.31. The number of thioether (sulfide) groups is 1. The summed E-state index contributed by atoms with van der Waals surface area (Å²) < 4.78 is 20.7. The molecule has 4 rings (SSSR count). The second-order valence-electron chi connectivity index (χ2n) is 7.73. The summed E-state index contributed by atoms with van der Waals surface area (Å²) in [5.74, 6) is 0.859. The van der Waals surface area contributed by atoms with Crippen LogP contribution in [-0.4, -0.2) is 51.5 Å². The molecule has 0 spiro atoms. The molecular weight excluding hydrogens is 465 g/mol. The average Bonchev–Trinajstić information content (AvgIpc) is 3.21. The average molecular weight is 490 g/mol. The quantitative estimate of drug-likeness (QED) is 0.459. The largest absolute Gasteiger partial charge is 0.495 e. The lowest BCUT2D eigenvalue weighted by Gasteiger charge is -2.26. The summed E-state index contributed by atoms with van der Waals surface area (Å²) in [6.07, 6.45) is 3.58. The van der Waals surface area contributed by atoms with Crippen molar-refractivity contribution in [1.82, 2.24) is 19.7 Å². The summed E-state index contributed by atoms with van der Waals surface area (Å²) in [7, 11) is 1.53. The number of rotatable bonds is 8. The van der Waals surface area contributed by atoms with Crippen molar-refractivity contribution in [1.29, 1.82) is 0 Å². The van der Waals surface area contributed by atoms with Gasteiger partial charge < -0.3 is 10.1 Å². The standard InChI is InChI=1S/C23H25ClFN5O2S/c1-32-20-10-5-16(24)13-19(20)26-22(31)15-33-23-28-27-21(14-29-11-3-2-4-12-29)30(23)18-8-6-17(25)7-9-18/h5-10,13H,2-4,11-12,14-15H2,1H3,(H,26,31). The maximum Gasteiger partial charge on any atom is 0.234 e. The van der Waals surface area contributed by atoms with Crippen molar-refractivity contribution < 1.29 is 13.9 Å². The van der Waals surface area contributed by atoms with Crippen LogP contribution in [0.5, 0.6) is 5.75 Å². The number of carbonyl (C=O) groups excluding carboxylic acids is 1. The normalized spacial score (nSPS) is 14.3. The second-order valence-corrected chi connectivity index (χ2v) is 9.11. The number of carbonyl (C=O) groups is 1. The number of likely N-dealkylation sites (tertiary alicyclic amines) is 1. The predicted octanol–water partition coefficient (Wildman–Crippen LogP) is 4.79. The van der Waals surface area contributed by atoms with Crippen molar-refractivity contribution in [2.45, 2.75) is 31.0 Å². The maximum absolute atomic E-state index is 13.5. The van der Waals surface area contributed by atoms with Crippen LogP contribution < -0.4 is 10.1 Å². The van der Waals surface area contributed by atoms with Crippen molar-refractivity contribution >= 4 is 35.0 Å². The zero-order chi connectivity index (χ0) is 23.2. The minimum atomic E-state index is -0.312. The topological polar surface area (TPSA) is 72.3 Å². The third-order valence-electron chi connectivity index (χ3n) is 5.37. The van der Waals surface area contributed by atoms with Gasteiger partial charge in [0.25, 0.3) is 0 Å². The minimum absolute atomic E-state index is 0.110. The number of anilines is 1. The van der Waals surface area contributed by atoms with Crippen LogP contribution in [0.1, 0.15) is 25.1 Å². The molecule has 0 aliphatic carbocycles. The Hall–Kier alpha value is -2.62. The number of amides is 1. The first kappa shape index (κ1) is 23.5. The van der Waals surface area contributed by atoms with Crippen LogP contribution in [0.25, 0.3) is 5.69 Å². The molecule has 1 aromatic heterocycles. The van der Waals surface area contributed by atoms with E-state index in [0.717, 1.165) is 24.6 Å². The van der Waals surface area contributed by atoms with Gasteiger partial charge in [0.2, 0.25) is 5.91 Å². The van der Waals surface area contributed by atoms with Gasteiger partial charge in [-0.15, -0.1) is 10.2 Å². The summed E-state index contributed by atoms with van der Waals surface area (Å²) in [5, 5.41) is 12.6. The molecule has 0 saturated carbocycles. The van der Waals surface area contributed by atoms with Crippen LogP contribution in [-0.2, 0) is 11.3 Å². The number of methoxy groups -OCH3 is 1. The van der Waals surface area contributed by atoms with Gasteiger partial charge in [0.15, 0.2) is 11.0 Å². The summed E-state index contributed by atoms with van der Waals surface area (Å²) in [4.78, 5) is 15.0. The highest BCUT2D eigenvalue weighted by molar-refractivity contribution is 7.99. The number of piperidine rings is 1. The van der Waals surface area contributed by atoms with E-state index in [1.807, 2.05) is 4.57 Å². The van der Waals surface area contributed by atoms with Gasteiger partial charge in [-0.05, 0) is 68.4 Å². The second kappa shape index (κ2) is 11.0. The van der Waals surface area contributed by atoms with E-state index in [0.29, 0.717) is 28.2 Å². The first-order valence-electron chi connectivity index (χ1n) is 10.7. The number of halogens is 2. The Balaban J connectivity index is 1.51. The number of benzene rings is 2. The van der Waals surface area contributed by atoms with Gasteiger partial charge in [-0.3, -0.25) is 14.3 Å².